The molecule has 0 spiro atoms. The third-order valence-corrected chi connectivity index (χ3v) is 5.60. The second-order valence-electron chi connectivity index (χ2n) is 6.71. The molecule has 1 aliphatic rings. The number of anilines is 1. The number of hydrogen-bond acceptors (Lipinski definition) is 7. The third-order valence-electron chi connectivity index (χ3n) is 4.80. The van der Waals surface area contributed by atoms with Crippen molar-refractivity contribution in [1.29, 1.82) is 0 Å². The number of hydrogen-bond donors (Lipinski definition) is 0. The van der Waals surface area contributed by atoms with E-state index in [0.717, 1.165) is 12.1 Å². The lowest BCUT2D eigenvalue weighted by atomic mass is 10.1. The van der Waals surface area contributed by atoms with Crippen molar-refractivity contribution < 1.29 is 18.7 Å². The molecule has 0 unspecified atom stereocenters. The Hall–Kier alpha value is -3.00. The highest BCUT2D eigenvalue weighted by atomic mass is 32.2. The number of carbonyl (C=O) groups is 1. The molecular formula is C21H21N3O4S. The number of methoxy groups -OCH3 is 2. The predicted molar refractivity (Wildman–Crippen MR) is 111 cm³/mol. The first-order chi connectivity index (χ1) is 14.1. The van der Waals surface area contributed by atoms with Gasteiger partial charge in [-0.1, -0.05) is 30.0 Å². The van der Waals surface area contributed by atoms with Crippen LogP contribution in [0.2, 0.25) is 0 Å². The first-order valence-corrected chi connectivity index (χ1v) is 10.2. The lowest BCUT2D eigenvalue weighted by Crippen LogP contribution is -2.36. The first-order valence-electron chi connectivity index (χ1n) is 9.18. The van der Waals surface area contributed by atoms with Crippen LogP contribution in [0.4, 0.5) is 5.69 Å². The number of aromatic nitrogens is 2. The summed E-state index contributed by atoms with van der Waals surface area (Å²) in [5.41, 5.74) is 2.87. The maximum Gasteiger partial charge on any atom is 0.277 e. The van der Waals surface area contributed by atoms with Crippen LogP contribution in [-0.4, -0.2) is 42.1 Å². The molecule has 7 nitrogen and oxygen atoms in total. The molecule has 0 bridgehead atoms. The molecule has 1 amide bonds. The Balaban J connectivity index is 1.46. The molecule has 1 atom stereocenters. The Morgan fingerprint density at radius 1 is 1.17 bits per heavy atom. The summed E-state index contributed by atoms with van der Waals surface area (Å²) in [5.74, 6) is 1.85. The van der Waals surface area contributed by atoms with Gasteiger partial charge in [-0.2, -0.15) is 0 Å². The van der Waals surface area contributed by atoms with Gasteiger partial charge in [0.05, 0.1) is 20.0 Å². The summed E-state index contributed by atoms with van der Waals surface area (Å²) < 4.78 is 16.3. The van der Waals surface area contributed by atoms with Crippen LogP contribution in [0, 0.1) is 0 Å². The van der Waals surface area contributed by atoms with Crippen molar-refractivity contribution in [2.24, 2.45) is 0 Å². The standard InChI is InChI=1S/C21H21N3O4S/c1-13-8-14-6-4-5-7-18(14)24(13)19(25)12-29-21-23-22-20(28-21)15-9-16(26-2)11-17(10-15)27-3/h4-7,9-11,13H,8,12H2,1-3H3/t13-/m0/s1. The molecular weight excluding hydrogens is 390 g/mol. The summed E-state index contributed by atoms with van der Waals surface area (Å²) in [5, 5.41) is 8.49. The highest BCUT2D eigenvalue weighted by Gasteiger charge is 2.30. The van der Waals surface area contributed by atoms with Crippen LogP contribution in [0.3, 0.4) is 0 Å². The molecule has 0 saturated carbocycles. The maximum atomic E-state index is 12.8. The summed E-state index contributed by atoms with van der Waals surface area (Å²) in [4.78, 5) is 14.7. The molecule has 0 fully saturated rings. The Morgan fingerprint density at radius 2 is 1.90 bits per heavy atom. The summed E-state index contributed by atoms with van der Waals surface area (Å²) >= 11 is 1.23. The van der Waals surface area contributed by atoms with Crippen LogP contribution in [-0.2, 0) is 11.2 Å². The number of carbonyl (C=O) groups excluding carboxylic acids is 1. The quantitative estimate of drug-likeness (QED) is 0.571. The molecule has 0 saturated heterocycles. The second kappa shape index (κ2) is 8.16. The van der Waals surface area contributed by atoms with Gasteiger partial charge in [0, 0.05) is 23.4 Å². The number of rotatable bonds is 6. The number of ether oxygens (including phenoxy) is 2. The van der Waals surface area contributed by atoms with Gasteiger partial charge in [-0.15, -0.1) is 10.2 Å². The van der Waals surface area contributed by atoms with Gasteiger partial charge < -0.3 is 18.8 Å². The molecule has 29 heavy (non-hydrogen) atoms. The smallest absolute Gasteiger partial charge is 0.277 e. The third kappa shape index (κ3) is 3.93. The summed E-state index contributed by atoms with van der Waals surface area (Å²) in [6.45, 7) is 2.06. The minimum atomic E-state index is 0.0234. The molecule has 0 N–H and O–H groups in total. The van der Waals surface area contributed by atoms with E-state index in [1.807, 2.05) is 23.1 Å². The van der Waals surface area contributed by atoms with Crippen molar-refractivity contribution in [3.63, 3.8) is 0 Å². The van der Waals surface area contributed by atoms with Gasteiger partial charge in [-0.25, -0.2) is 0 Å². The van der Waals surface area contributed by atoms with Gasteiger partial charge >= 0.3 is 0 Å². The van der Waals surface area contributed by atoms with Crippen LogP contribution in [0.25, 0.3) is 11.5 Å². The summed E-state index contributed by atoms with van der Waals surface area (Å²) in [6, 6.07) is 13.5. The van der Waals surface area contributed by atoms with Crippen LogP contribution in [0.1, 0.15) is 12.5 Å². The largest absolute Gasteiger partial charge is 0.497 e. The van der Waals surface area contributed by atoms with E-state index < -0.39 is 0 Å². The zero-order valence-electron chi connectivity index (χ0n) is 16.4. The molecule has 1 aliphatic heterocycles. The monoisotopic (exact) mass is 411 g/mol. The average Bonchev–Trinajstić information content (AvgIpc) is 3.35. The van der Waals surface area contributed by atoms with E-state index in [0.29, 0.717) is 28.2 Å². The van der Waals surface area contributed by atoms with Crippen molar-refractivity contribution in [2.75, 3.05) is 24.9 Å². The molecule has 3 aromatic rings. The SMILES string of the molecule is COc1cc(OC)cc(-c2nnc(SCC(=O)N3c4ccccc4C[C@@H]3C)o2)c1. The topological polar surface area (TPSA) is 77.7 Å². The van der Waals surface area contributed by atoms with Gasteiger partial charge in [0.2, 0.25) is 11.8 Å². The first kappa shape index (κ1) is 19.3. The molecule has 4 rings (SSSR count). The van der Waals surface area contributed by atoms with E-state index in [9.17, 15) is 4.79 Å². The van der Waals surface area contributed by atoms with Crippen molar-refractivity contribution in [1.82, 2.24) is 10.2 Å². The normalized spacial score (nSPS) is 15.3. The number of benzene rings is 2. The zero-order chi connectivity index (χ0) is 20.4. The van der Waals surface area contributed by atoms with Gasteiger partial charge in [0.1, 0.15) is 11.5 Å². The van der Waals surface area contributed by atoms with Crippen molar-refractivity contribution in [2.45, 2.75) is 24.6 Å². The van der Waals surface area contributed by atoms with E-state index in [2.05, 4.69) is 23.2 Å². The highest BCUT2D eigenvalue weighted by molar-refractivity contribution is 7.99. The van der Waals surface area contributed by atoms with E-state index in [4.69, 9.17) is 13.9 Å². The average molecular weight is 411 g/mol. The number of nitrogens with zero attached hydrogens (tertiary/aromatic N) is 3. The fourth-order valence-electron chi connectivity index (χ4n) is 3.45. The number of amides is 1. The van der Waals surface area contributed by atoms with Crippen molar-refractivity contribution in [3.05, 3.63) is 48.0 Å². The highest BCUT2D eigenvalue weighted by Crippen LogP contribution is 2.34. The molecule has 1 aromatic heterocycles. The number of para-hydroxylation sites is 1. The van der Waals surface area contributed by atoms with E-state index in [-0.39, 0.29) is 17.7 Å². The van der Waals surface area contributed by atoms with Crippen LogP contribution < -0.4 is 14.4 Å². The Morgan fingerprint density at radius 3 is 2.62 bits per heavy atom. The fourth-order valence-corrected chi connectivity index (χ4v) is 4.08. The van der Waals surface area contributed by atoms with Gasteiger partial charge in [-0.05, 0) is 37.1 Å². The Bertz CT molecular complexity index is 1010. The minimum Gasteiger partial charge on any atom is -0.497 e. The van der Waals surface area contributed by atoms with Gasteiger partial charge in [-0.3, -0.25) is 4.79 Å². The predicted octanol–water partition coefficient (Wildman–Crippen LogP) is 3.82. The maximum absolute atomic E-state index is 12.8. The van der Waals surface area contributed by atoms with E-state index in [1.54, 1.807) is 32.4 Å². The van der Waals surface area contributed by atoms with Crippen LogP contribution in [0.15, 0.2) is 52.1 Å². The van der Waals surface area contributed by atoms with Crippen LogP contribution >= 0.6 is 11.8 Å². The van der Waals surface area contributed by atoms with Gasteiger partial charge in [0.15, 0.2) is 0 Å². The second-order valence-corrected chi connectivity index (χ2v) is 7.64. The van der Waals surface area contributed by atoms with Gasteiger partial charge in [0.25, 0.3) is 5.22 Å². The van der Waals surface area contributed by atoms with Crippen molar-refractivity contribution >= 4 is 23.4 Å². The van der Waals surface area contributed by atoms with E-state index in [1.165, 1.54) is 17.3 Å². The summed E-state index contributed by atoms with van der Waals surface area (Å²) in [7, 11) is 3.16. The molecule has 2 heterocycles. The summed E-state index contributed by atoms with van der Waals surface area (Å²) in [6.07, 6.45) is 0.870. The number of thioether (sulfide) groups is 1. The zero-order valence-corrected chi connectivity index (χ0v) is 17.2. The molecule has 8 heteroatoms. The van der Waals surface area contributed by atoms with Crippen LogP contribution in [0.5, 0.6) is 11.5 Å². The minimum absolute atomic E-state index is 0.0234. The lowest BCUT2D eigenvalue weighted by Gasteiger charge is -2.22. The molecule has 0 radical (unpaired) electrons. The Kier molecular flexibility index (Phi) is 5.44. The number of fused-ring (bicyclic) bond motifs is 1. The molecule has 150 valence electrons. The Labute approximate surface area is 173 Å². The fraction of sp³-hybridized carbons (Fsp3) is 0.286. The lowest BCUT2D eigenvalue weighted by molar-refractivity contribution is -0.116. The molecule has 2 aromatic carbocycles. The molecule has 0 aliphatic carbocycles. The van der Waals surface area contributed by atoms with Crippen molar-refractivity contribution in [3.8, 4) is 23.0 Å². The van der Waals surface area contributed by atoms with E-state index >= 15 is 0 Å².